The van der Waals surface area contributed by atoms with Crippen molar-refractivity contribution in [2.24, 2.45) is 0 Å². The third kappa shape index (κ3) is 3.70. The van der Waals surface area contributed by atoms with Crippen LogP contribution in [-0.2, 0) is 27.2 Å². The second-order valence-corrected chi connectivity index (χ2v) is 7.87. The first-order valence-corrected chi connectivity index (χ1v) is 10.4. The molecule has 1 fully saturated rings. The van der Waals surface area contributed by atoms with E-state index in [1.54, 1.807) is 39.9 Å². The molecule has 9 heteroatoms. The normalized spacial score (nSPS) is 15.3. The molecule has 2 amide bonds. The molecule has 0 saturated carbocycles. The van der Waals surface area contributed by atoms with Gasteiger partial charge in [0.05, 0.1) is 16.5 Å². The molecule has 1 N–H and O–H groups in total. The third-order valence-electron chi connectivity index (χ3n) is 5.16. The van der Waals surface area contributed by atoms with Gasteiger partial charge in [-0.2, -0.15) is 5.26 Å². The Balaban J connectivity index is 1.44. The zero-order valence-electron chi connectivity index (χ0n) is 15.9. The molecule has 1 aliphatic rings. The molecule has 1 unspecified atom stereocenters. The topological polar surface area (TPSA) is 107 Å². The summed E-state index contributed by atoms with van der Waals surface area (Å²) in [5, 5.41) is 10.0. The van der Waals surface area contributed by atoms with E-state index in [2.05, 4.69) is 6.07 Å². The SMILES string of the molecule is N#Cc1cccc2c1ccn2CC(=O)N1CCN(c2ccc(S(=O)O)cc2)C(=O)C1. The number of benzene rings is 2. The molecule has 2 heterocycles. The number of carbonyl (C=O) groups is 2. The van der Waals surface area contributed by atoms with Gasteiger partial charge >= 0.3 is 0 Å². The number of nitrogens with zero attached hydrogens (tertiary/aromatic N) is 4. The summed E-state index contributed by atoms with van der Waals surface area (Å²) in [5.41, 5.74) is 1.98. The standard InChI is InChI=1S/C21H18N4O4S/c22-12-15-2-1-3-19-18(15)8-9-23(19)13-20(26)24-10-11-25(21(27)14-24)16-4-6-17(7-5-16)30(28)29/h1-9H,10-11,13-14H2,(H,28,29). The van der Waals surface area contributed by atoms with Crippen molar-refractivity contribution in [3.8, 4) is 6.07 Å². The fourth-order valence-electron chi connectivity index (χ4n) is 3.61. The number of anilines is 1. The third-order valence-corrected chi connectivity index (χ3v) is 5.84. The van der Waals surface area contributed by atoms with Crippen LogP contribution in [0.1, 0.15) is 5.56 Å². The first-order chi connectivity index (χ1) is 14.5. The summed E-state index contributed by atoms with van der Waals surface area (Å²) >= 11 is -2.07. The highest BCUT2D eigenvalue weighted by Crippen LogP contribution is 2.21. The highest BCUT2D eigenvalue weighted by Gasteiger charge is 2.28. The average Bonchev–Trinajstić information content (AvgIpc) is 3.16. The van der Waals surface area contributed by atoms with Gasteiger partial charge in [-0.1, -0.05) is 6.07 Å². The Hall–Kier alpha value is -3.48. The van der Waals surface area contributed by atoms with Crippen LogP contribution in [0.5, 0.6) is 0 Å². The van der Waals surface area contributed by atoms with Crippen LogP contribution < -0.4 is 4.90 Å². The lowest BCUT2D eigenvalue weighted by Gasteiger charge is -2.34. The Morgan fingerprint density at radius 1 is 1.13 bits per heavy atom. The second kappa shape index (κ2) is 8.10. The van der Waals surface area contributed by atoms with Gasteiger partial charge in [-0.15, -0.1) is 0 Å². The van der Waals surface area contributed by atoms with Crippen LogP contribution >= 0.6 is 0 Å². The van der Waals surface area contributed by atoms with Crippen molar-refractivity contribution in [2.45, 2.75) is 11.4 Å². The molecule has 8 nitrogen and oxygen atoms in total. The van der Waals surface area contributed by atoms with E-state index in [0.29, 0.717) is 24.3 Å². The molecular formula is C21H18N4O4S. The number of hydrogen-bond donors (Lipinski definition) is 1. The summed E-state index contributed by atoms with van der Waals surface area (Å²) in [4.78, 5) is 28.7. The smallest absolute Gasteiger partial charge is 0.246 e. The molecule has 0 bridgehead atoms. The Morgan fingerprint density at radius 3 is 2.57 bits per heavy atom. The van der Waals surface area contributed by atoms with Gasteiger partial charge in [0, 0.05) is 35.9 Å². The maximum Gasteiger partial charge on any atom is 0.246 e. The minimum Gasteiger partial charge on any atom is -0.338 e. The zero-order valence-corrected chi connectivity index (χ0v) is 16.7. The summed E-state index contributed by atoms with van der Waals surface area (Å²) < 4.78 is 22.0. The summed E-state index contributed by atoms with van der Waals surface area (Å²) in [7, 11) is 0. The predicted molar refractivity (Wildman–Crippen MR) is 111 cm³/mol. The van der Waals surface area contributed by atoms with E-state index in [0.717, 1.165) is 10.9 Å². The number of piperazine rings is 1. The quantitative estimate of drug-likeness (QED) is 0.647. The van der Waals surface area contributed by atoms with Crippen LogP contribution in [0.15, 0.2) is 59.6 Å². The van der Waals surface area contributed by atoms with E-state index in [9.17, 15) is 19.1 Å². The first-order valence-electron chi connectivity index (χ1n) is 9.25. The largest absolute Gasteiger partial charge is 0.338 e. The van der Waals surface area contributed by atoms with E-state index in [1.807, 2.05) is 12.1 Å². The van der Waals surface area contributed by atoms with Crippen LogP contribution in [0.3, 0.4) is 0 Å². The Bertz CT molecular complexity index is 1200. The molecule has 30 heavy (non-hydrogen) atoms. The highest BCUT2D eigenvalue weighted by atomic mass is 32.2. The van der Waals surface area contributed by atoms with Crippen LogP contribution in [-0.4, -0.2) is 49.7 Å². The molecule has 152 valence electrons. The molecule has 0 spiro atoms. The fourth-order valence-corrected chi connectivity index (χ4v) is 3.98. The number of nitriles is 1. The van der Waals surface area contributed by atoms with Crippen molar-refractivity contribution in [3.63, 3.8) is 0 Å². The number of amides is 2. The molecule has 0 aliphatic carbocycles. The van der Waals surface area contributed by atoms with Gasteiger partial charge in [0.1, 0.15) is 13.1 Å². The molecule has 0 radical (unpaired) electrons. The number of carbonyl (C=O) groups excluding carboxylic acids is 2. The Kier molecular flexibility index (Phi) is 5.35. The lowest BCUT2D eigenvalue weighted by molar-refractivity contribution is -0.137. The molecule has 4 rings (SSSR count). The lowest BCUT2D eigenvalue weighted by Crippen LogP contribution is -2.53. The maximum atomic E-state index is 12.8. The van der Waals surface area contributed by atoms with E-state index in [4.69, 9.17) is 4.55 Å². The summed E-state index contributed by atoms with van der Waals surface area (Å²) in [5.74, 6) is -0.384. The van der Waals surface area contributed by atoms with Crippen LogP contribution in [0.25, 0.3) is 10.9 Å². The maximum absolute atomic E-state index is 12.8. The van der Waals surface area contributed by atoms with Crippen molar-refractivity contribution in [1.82, 2.24) is 9.47 Å². The van der Waals surface area contributed by atoms with Crippen LogP contribution in [0.4, 0.5) is 5.69 Å². The van der Waals surface area contributed by atoms with Crippen molar-refractivity contribution in [1.29, 1.82) is 5.26 Å². The van der Waals surface area contributed by atoms with Gasteiger partial charge in [0.25, 0.3) is 0 Å². The second-order valence-electron chi connectivity index (χ2n) is 6.90. The zero-order chi connectivity index (χ0) is 21.3. The summed E-state index contributed by atoms with van der Waals surface area (Å²) in [6.07, 6.45) is 1.77. The molecule has 1 saturated heterocycles. The molecule has 3 aromatic rings. The van der Waals surface area contributed by atoms with Gasteiger partial charge < -0.3 is 18.9 Å². The van der Waals surface area contributed by atoms with E-state index >= 15 is 0 Å². The average molecular weight is 422 g/mol. The molecule has 1 aromatic heterocycles. The Morgan fingerprint density at radius 2 is 1.90 bits per heavy atom. The molecule has 2 aromatic carbocycles. The number of fused-ring (bicyclic) bond motifs is 1. The number of aromatic nitrogens is 1. The highest BCUT2D eigenvalue weighted by molar-refractivity contribution is 7.79. The number of rotatable bonds is 4. The van der Waals surface area contributed by atoms with Gasteiger partial charge in [-0.05, 0) is 42.5 Å². The van der Waals surface area contributed by atoms with Crippen LogP contribution in [0.2, 0.25) is 0 Å². The van der Waals surface area contributed by atoms with Gasteiger partial charge in [0.15, 0.2) is 11.1 Å². The van der Waals surface area contributed by atoms with E-state index in [-0.39, 0.29) is 29.8 Å². The van der Waals surface area contributed by atoms with Gasteiger partial charge in [-0.25, -0.2) is 4.21 Å². The monoisotopic (exact) mass is 422 g/mol. The van der Waals surface area contributed by atoms with Gasteiger partial charge in [0.2, 0.25) is 11.8 Å². The van der Waals surface area contributed by atoms with Gasteiger partial charge in [-0.3, -0.25) is 9.59 Å². The molecule has 1 atom stereocenters. The first kappa shape index (κ1) is 19.8. The summed E-state index contributed by atoms with van der Waals surface area (Å²) in [6.45, 7) is 0.788. The van der Waals surface area contributed by atoms with Crippen molar-refractivity contribution in [2.75, 3.05) is 24.5 Å². The predicted octanol–water partition coefficient (Wildman–Crippen LogP) is 1.97. The minimum absolute atomic E-state index is 0.0326. The summed E-state index contributed by atoms with van der Waals surface area (Å²) in [6, 6.07) is 15.6. The van der Waals surface area contributed by atoms with E-state index in [1.165, 1.54) is 17.0 Å². The molecule has 1 aliphatic heterocycles. The fraction of sp³-hybridized carbons (Fsp3) is 0.190. The van der Waals surface area contributed by atoms with Crippen LogP contribution in [0, 0.1) is 11.3 Å². The lowest BCUT2D eigenvalue weighted by atomic mass is 10.1. The minimum atomic E-state index is -2.07. The van der Waals surface area contributed by atoms with Crippen molar-refractivity contribution < 1.29 is 18.4 Å². The van der Waals surface area contributed by atoms with Crippen molar-refractivity contribution >= 4 is 39.5 Å². The Labute approximate surface area is 175 Å². The van der Waals surface area contributed by atoms with Crippen molar-refractivity contribution in [3.05, 3.63) is 60.3 Å². The van der Waals surface area contributed by atoms with E-state index < -0.39 is 11.1 Å². The molecular weight excluding hydrogens is 404 g/mol. The number of hydrogen-bond acceptors (Lipinski definition) is 4.